The lowest BCUT2D eigenvalue weighted by Gasteiger charge is -2.24. The van der Waals surface area contributed by atoms with Crippen LogP contribution in [0.5, 0.6) is 0 Å². The molecule has 0 heterocycles. The van der Waals surface area contributed by atoms with Crippen LogP contribution in [0.25, 0.3) is 0 Å². The maximum Gasteiger partial charge on any atom is 0.348 e. The monoisotopic (exact) mass is 151 g/mol. The minimum Gasteiger partial charge on any atom is -0.458 e. The number of nitrogens with zero attached hydrogens (tertiary/aromatic N) is 1. The molecule has 1 saturated carbocycles. The first kappa shape index (κ1) is 7.80. The van der Waals surface area contributed by atoms with Gasteiger partial charge in [0.05, 0.1) is 0 Å². The maximum atomic E-state index is 10.8. The van der Waals surface area contributed by atoms with Gasteiger partial charge in [-0.1, -0.05) is 6.58 Å². The molecule has 11 heavy (non-hydrogen) atoms. The summed E-state index contributed by atoms with van der Waals surface area (Å²) in [6.45, 7) is 3.25. The van der Waals surface area contributed by atoms with Gasteiger partial charge in [0.15, 0.2) is 0 Å². The maximum absolute atomic E-state index is 10.8. The fraction of sp³-hybridized carbons (Fsp3) is 0.500. The van der Waals surface area contributed by atoms with Crippen molar-refractivity contribution >= 4 is 5.97 Å². The van der Waals surface area contributed by atoms with Crippen LogP contribution in [0, 0.1) is 11.3 Å². The third-order valence-corrected chi connectivity index (χ3v) is 1.71. The van der Waals surface area contributed by atoms with Gasteiger partial charge in [-0.3, -0.25) is 0 Å². The Morgan fingerprint density at radius 1 is 1.64 bits per heavy atom. The smallest absolute Gasteiger partial charge is 0.348 e. The first-order chi connectivity index (χ1) is 5.24. The molecule has 3 heteroatoms. The van der Waals surface area contributed by atoms with Gasteiger partial charge in [0.25, 0.3) is 0 Å². The van der Waals surface area contributed by atoms with Crippen molar-refractivity contribution in [3.8, 4) is 6.07 Å². The largest absolute Gasteiger partial charge is 0.458 e. The average molecular weight is 151 g/mol. The first-order valence-corrected chi connectivity index (χ1v) is 3.54. The standard InChI is InChI=1S/C8H9NO2/c1-6(5-9)8(10)11-7-3-2-4-7/h7H,1-4H2. The molecule has 1 aliphatic carbocycles. The van der Waals surface area contributed by atoms with Crippen LogP contribution in [0.3, 0.4) is 0 Å². The highest BCUT2D eigenvalue weighted by molar-refractivity contribution is 5.92. The van der Waals surface area contributed by atoms with E-state index in [4.69, 9.17) is 10.00 Å². The average Bonchev–Trinajstić information content (AvgIpc) is 1.94. The molecule has 0 amide bonds. The van der Waals surface area contributed by atoms with E-state index in [9.17, 15) is 4.79 Å². The fourth-order valence-corrected chi connectivity index (χ4v) is 0.757. The van der Waals surface area contributed by atoms with E-state index >= 15 is 0 Å². The zero-order valence-corrected chi connectivity index (χ0v) is 6.17. The molecule has 1 fully saturated rings. The molecule has 0 N–H and O–H groups in total. The highest BCUT2D eigenvalue weighted by atomic mass is 16.5. The second-order valence-corrected chi connectivity index (χ2v) is 2.55. The summed E-state index contributed by atoms with van der Waals surface area (Å²) in [5.74, 6) is -0.572. The molecule has 0 aromatic carbocycles. The van der Waals surface area contributed by atoms with Gasteiger partial charge in [0.2, 0.25) is 0 Å². The lowest BCUT2D eigenvalue weighted by molar-refractivity contribution is -0.147. The summed E-state index contributed by atoms with van der Waals surface area (Å²) < 4.78 is 4.88. The van der Waals surface area contributed by atoms with E-state index in [1.165, 1.54) is 0 Å². The number of carbonyl (C=O) groups excluding carboxylic acids is 1. The van der Waals surface area contributed by atoms with Gasteiger partial charge in [-0.05, 0) is 19.3 Å². The first-order valence-electron chi connectivity index (χ1n) is 3.54. The normalized spacial score (nSPS) is 16.3. The van der Waals surface area contributed by atoms with Gasteiger partial charge in [0.1, 0.15) is 17.7 Å². The molecule has 0 aromatic heterocycles. The SMILES string of the molecule is C=C(C#N)C(=O)OC1CCC1. The number of rotatable bonds is 2. The third-order valence-electron chi connectivity index (χ3n) is 1.71. The molecule has 0 atom stereocenters. The lowest BCUT2D eigenvalue weighted by atomic mass is 9.96. The summed E-state index contributed by atoms with van der Waals surface area (Å²) in [6, 6.07) is 1.65. The molecule has 0 spiro atoms. The lowest BCUT2D eigenvalue weighted by Crippen LogP contribution is -2.25. The Labute approximate surface area is 65.3 Å². The third kappa shape index (κ3) is 1.81. The van der Waals surface area contributed by atoms with E-state index < -0.39 is 5.97 Å². The summed E-state index contributed by atoms with van der Waals surface area (Å²) in [6.07, 6.45) is 2.99. The van der Waals surface area contributed by atoms with Gasteiger partial charge in [-0.2, -0.15) is 5.26 Å². The topological polar surface area (TPSA) is 50.1 Å². The molecule has 1 aliphatic rings. The van der Waals surface area contributed by atoms with Crippen LogP contribution in [0.15, 0.2) is 12.2 Å². The van der Waals surface area contributed by atoms with Gasteiger partial charge in [-0.15, -0.1) is 0 Å². The second-order valence-electron chi connectivity index (χ2n) is 2.55. The minimum atomic E-state index is -0.572. The quantitative estimate of drug-likeness (QED) is 0.338. The Balaban J connectivity index is 2.31. The second kappa shape index (κ2) is 3.20. The molecule has 58 valence electrons. The number of nitriles is 1. The van der Waals surface area contributed by atoms with Crippen molar-refractivity contribution < 1.29 is 9.53 Å². The molecule has 0 unspecified atom stereocenters. The Morgan fingerprint density at radius 2 is 2.27 bits per heavy atom. The molecular weight excluding hydrogens is 142 g/mol. The predicted molar refractivity (Wildman–Crippen MR) is 38.5 cm³/mol. The van der Waals surface area contributed by atoms with E-state index in [-0.39, 0.29) is 11.7 Å². The van der Waals surface area contributed by atoms with Crippen LogP contribution < -0.4 is 0 Å². The van der Waals surface area contributed by atoms with Crippen LogP contribution >= 0.6 is 0 Å². The van der Waals surface area contributed by atoms with E-state index in [0.717, 1.165) is 19.3 Å². The summed E-state index contributed by atoms with van der Waals surface area (Å²) in [4.78, 5) is 10.8. The molecular formula is C8H9NO2. The van der Waals surface area contributed by atoms with Crippen LogP contribution in [0.1, 0.15) is 19.3 Å². The van der Waals surface area contributed by atoms with Crippen molar-refractivity contribution in [3.63, 3.8) is 0 Å². The highest BCUT2D eigenvalue weighted by Crippen LogP contribution is 2.22. The Hall–Kier alpha value is -1.30. The van der Waals surface area contributed by atoms with Crippen molar-refractivity contribution in [1.29, 1.82) is 5.26 Å². The van der Waals surface area contributed by atoms with Crippen molar-refractivity contribution in [3.05, 3.63) is 12.2 Å². The van der Waals surface area contributed by atoms with Crippen LogP contribution in [-0.4, -0.2) is 12.1 Å². The van der Waals surface area contributed by atoms with E-state index in [0.29, 0.717) is 0 Å². The summed E-state index contributed by atoms with van der Waals surface area (Å²) in [7, 11) is 0. The molecule has 3 nitrogen and oxygen atoms in total. The van der Waals surface area contributed by atoms with E-state index in [1.807, 2.05) is 0 Å². The van der Waals surface area contributed by atoms with Gasteiger partial charge in [-0.25, -0.2) is 4.79 Å². The Kier molecular flexibility index (Phi) is 2.27. The Morgan fingerprint density at radius 3 is 2.64 bits per heavy atom. The van der Waals surface area contributed by atoms with Crippen LogP contribution in [-0.2, 0) is 9.53 Å². The number of carbonyl (C=O) groups is 1. The zero-order valence-electron chi connectivity index (χ0n) is 6.17. The van der Waals surface area contributed by atoms with Crippen molar-refractivity contribution in [1.82, 2.24) is 0 Å². The number of ether oxygens (including phenoxy) is 1. The predicted octanol–water partition coefficient (Wildman–Crippen LogP) is 1.16. The summed E-state index contributed by atoms with van der Waals surface area (Å²) in [5, 5.41) is 8.26. The van der Waals surface area contributed by atoms with E-state index in [2.05, 4.69) is 6.58 Å². The fourth-order valence-electron chi connectivity index (χ4n) is 0.757. The molecule has 0 saturated heterocycles. The van der Waals surface area contributed by atoms with Gasteiger partial charge >= 0.3 is 5.97 Å². The van der Waals surface area contributed by atoms with Crippen molar-refractivity contribution in [2.45, 2.75) is 25.4 Å². The van der Waals surface area contributed by atoms with Crippen LogP contribution in [0.2, 0.25) is 0 Å². The van der Waals surface area contributed by atoms with Crippen molar-refractivity contribution in [2.24, 2.45) is 0 Å². The van der Waals surface area contributed by atoms with Gasteiger partial charge < -0.3 is 4.74 Å². The van der Waals surface area contributed by atoms with Crippen molar-refractivity contribution in [2.75, 3.05) is 0 Å². The number of hydrogen-bond acceptors (Lipinski definition) is 3. The minimum absolute atomic E-state index is 0.0348. The molecule has 0 aliphatic heterocycles. The summed E-state index contributed by atoms with van der Waals surface area (Å²) in [5.41, 5.74) is -0.114. The summed E-state index contributed by atoms with van der Waals surface area (Å²) >= 11 is 0. The molecule has 0 aromatic rings. The molecule has 1 rings (SSSR count). The van der Waals surface area contributed by atoms with Crippen LogP contribution in [0.4, 0.5) is 0 Å². The Bertz CT molecular complexity index is 223. The zero-order chi connectivity index (χ0) is 8.27. The van der Waals surface area contributed by atoms with Gasteiger partial charge in [0, 0.05) is 0 Å². The molecule has 0 bridgehead atoms. The highest BCUT2D eigenvalue weighted by Gasteiger charge is 2.22. The number of esters is 1. The molecule has 0 radical (unpaired) electrons. The number of hydrogen-bond donors (Lipinski definition) is 0. The van der Waals surface area contributed by atoms with E-state index in [1.54, 1.807) is 6.07 Å².